The van der Waals surface area contributed by atoms with Gasteiger partial charge in [-0.3, -0.25) is 9.20 Å². The van der Waals surface area contributed by atoms with Crippen molar-refractivity contribution >= 4 is 11.6 Å². The Hall–Kier alpha value is -3.55. The van der Waals surface area contributed by atoms with Gasteiger partial charge < -0.3 is 9.84 Å². The molecule has 8 heteroatoms. The number of nitrogens with zero attached hydrogens (tertiary/aromatic N) is 5. The average Bonchev–Trinajstić information content (AvgIpc) is 3.28. The minimum Gasteiger partial charge on any atom is -0.345 e. The molecule has 1 amide bonds. The summed E-state index contributed by atoms with van der Waals surface area (Å²) in [7, 11) is 0. The molecule has 0 fully saturated rings. The SMILES string of the molecule is Cc1noc(-c2cccn3c(CNC(=O)c4ccc(C)c(C)c4)nnc23)n1. The second-order valence-corrected chi connectivity index (χ2v) is 6.36. The normalized spacial score (nSPS) is 11.1. The van der Waals surface area contributed by atoms with Gasteiger partial charge in [0, 0.05) is 11.8 Å². The van der Waals surface area contributed by atoms with E-state index in [0.29, 0.717) is 34.3 Å². The predicted octanol–water partition coefficient (Wildman–Crippen LogP) is 2.63. The lowest BCUT2D eigenvalue weighted by Gasteiger charge is -2.07. The van der Waals surface area contributed by atoms with Crippen LogP contribution in [0.3, 0.4) is 0 Å². The van der Waals surface area contributed by atoms with E-state index in [1.165, 1.54) is 0 Å². The summed E-state index contributed by atoms with van der Waals surface area (Å²) < 4.78 is 7.03. The van der Waals surface area contributed by atoms with Crippen molar-refractivity contribution in [2.75, 3.05) is 0 Å². The first-order chi connectivity index (χ1) is 13.0. The third kappa shape index (κ3) is 3.17. The summed E-state index contributed by atoms with van der Waals surface area (Å²) in [5.41, 5.74) is 4.14. The zero-order chi connectivity index (χ0) is 19.0. The van der Waals surface area contributed by atoms with Gasteiger partial charge in [0.15, 0.2) is 17.3 Å². The molecule has 0 saturated carbocycles. The van der Waals surface area contributed by atoms with Gasteiger partial charge in [-0.1, -0.05) is 11.2 Å². The number of rotatable bonds is 4. The molecule has 0 aliphatic carbocycles. The smallest absolute Gasteiger partial charge is 0.261 e. The van der Waals surface area contributed by atoms with E-state index in [0.717, 1.165) is 11.1 Å². The molecule has 0 spiro atoms. The fraction of sp³-hybridized carbons (Fsp3) is 0.211. The van der Waals surface area contributed by atoms with E-state index >= 15 is 0 Å². The minimum absolute atomic E-state index is 0.154. The molecule has 3 heterocycles. The number of hydrogen-bond acceptors (Lipinski definition) is 6. The van der Waals surface area contributed by atoms with E-state index in [1.54, 1.807) is 11.3 Å². The molecule has 4 aromatic rings. The van der Waals surface area contributed by atoms with Crippen LogP contribution < -0.4 is 5.32 Å². The molecule has 4 rings (SSSR count). The Kier molecular flexibility index (Phi) is 4.15. The van der Waals surface area contributed by atoms with Gasteiger partial charge in [-0.15, -0.1) is 10.2 Å². The van der Waals surface area contributed by atoms with Crippen LogP contribution in [0.15, 0.2) is 41.1 Å². The maximum Gasteiger partial charge on any atom is 0.261 e. The molecule has 8 nitrogen and oxygen atoms in total. The maximum absolute atomic E-state index is 12.4. The summed E-state index contributed by atoms with van der Waals surface area (Å²) >= 11 is 0. The molecule has 0 aliphatic rings. The lowest BCUT2D eigenvalue weighted by Crippen LogP contribution is -2.24. The minimum atomic E-state index is -0.154. The molecular formula is C19H18N6O2. The number of fused-ring (bicyclic) bond motifs is 1. The summed E-state index contributed by atoms with van der Waals surface area (Å²) in [5.74, 6) is 1.39. The van der Waals surface area contributed by atoms with Crippen molar-refractivity contribution in [2.45, 2.75) is 27.3 Å². The number of aromatic nitrogens is 5. The van der Waals surface area contributed by atoms with Crippen LogP contribution in [-0.2, 0) is 6.54 Å². The van der Waals surface area contributed by atoms with Crippen molar-refractivity contribution in [3.05, 3.63) is 64.9 Å². The third-order valence-corrected chi connectivity index (χ3v) is 4.44. The number of carbonyl (C=O) groups is 1. The molecule has 27 heavy (non-hydrogen) atoms. The highest BCUT2D eigenvalue weighted by atomic mass is 16.5. The summed E-state index contributed by atoms with van der Waals surface area (Å²) in [6.07, 6.45) is 1.83. The number of amides is 1. The van der Waals surface area contributed by atoms with Crippen LogP contribution in [0.1, 0.15) is 33.1 Å². The summed E-state index contributed by atoms with van der Waals surface area (Å²) in [6, 6.07) is 9.32. The third-order valence-electron chi connectivity index (χ3n) is 4.44. The summed E-state index contributed by atoms with van der Waals surface area (Å²) in [6.45, 7) is 6.00. The number of pyridine rings is 1. The van der Waals surface area contributed by atoms with Gasteiger partial charge in [0.25, 0.3) is 11.8 Å². The second kappa shape index (κ2) is 6.64. The molecule has 1 N–H and O–H groups in total. The van der Waals surface area contributed by atoms with Crippen molar-refractivity contribution in [1.82, 2.24) is 30.1 Å². The monoisotopic (exact) mass is 362 g/mol. The molecule has 0 saturated heterocycles. The first-order valence-electron chi connectivity index (χ1n) is 8.51. The number of benzene rings is 1. The maximum atomic E-state index is 12.4. The topological polar surface area (TPSA) is 98.2 Å². The van der Waals surface area contributed by atoms with Crippen molar-refractivity contribution in [1.29, 1.82) is 0 Å². The molecule has 0 atom stereocenters. The molecular weight excluding hydrogens is 344 g/mol. The Morgan fingerprint density at radius 3 is 2.74 bits per heavy atom. The van der Waals surface area contributed by atoms with E-state index in [1.807, 2.05) is 50.4 Å². The van der Waals surface area contributed by atoms with Gasteiger partial charge in [0.05, 0.1) is 12.1 Å². The molecule has 0 unspecified atom stereocenters. The average molecular weight is 362 g/mol. The Bertz CT molecular complexity index is 1140. The van der Waals surface area contributed by atoms with Crippen LogP contribution in [0.4, 0.5) is 0 Å². The first-order valence-corrected chi connectivity index (χ1v) is 8.51. The van der Waals surface area contributed by atoms with Crippen molar-refractivity contribution in [2.24, 2.45) is 0 Å². The molecule has 0 aliphatic heterocycles. The van der Waals surface area contributed by atoms with Crippen LogP contribution in [0.2, 0.25) is 0 Å². The van der Waals surface area contributed by atoms with Crippen LogP contribution in [0.5, 0.6) is 0 Å². The molecule has 0 bridgehead atoms. The number of hydrogen-bond donors (Lipinski definition) is 1. The van der Waals surface area contributed by atoms with E-state index in [4.69, 9.17) is 4.52 Å². The molecule has 0 radical (unpaired) electrons. The van der Waals surface area contributed by atoms with Crippen LogP contribution in [0, 0.1) is 20.8 Å². The highest BCUT2D eigenvalue weighted by Gasteiger charge is 2.16. The number of nitrogens with one attached hydrogen (secondary N) is 1. The zero-order valence-electron chi connectivity index (χ0n) is 15.2. The fourth-order valence-corrected chi connectivity index (χ4v) is 2.80. The second-order valence-electron chi connectivity index (χ2n) is 6.36. The Morgan fingerprint density at radius 2 is 2.00 bits per heavy atom. The van der Waals surface area contributed by atoms with E-state index < -0.39 is 0 Å². The lowest BCUT2D eigenvalue weighted by atomic mass is 10.1. The predicted molar refractivity (Wildman–Crippen MR) is 98.1 cm³/mol. The van der Waals surface area contributed by atoms with E-state index in [9.17, 15) is 4.79 Å². The number of carbonyl (C=O) groups excluding carboxylic acids is 1. The first kappa shape index (κ1) is 16.9. The quantitative estimate of drug-likeness (QED) is 0.599. The van der Waals surface area contributed by atoms with Crippen molar-refractivity contribution < 1.29 is 9.32 Å². The number of aryl methyl sites for hydroxylation is 3. The van der Waals surface area contributed by atoms with Crippen molar-refractivity contribution in [3.63, 3.8) is 0 Å². The highest BCUT2D eigenvalue weighted by Crippen LogP contribution is 2.22. The molecule has 1 aromatic carbocycles. The van der Waals surface area contributed by atoms with Gasteiger partial charge in [-0.25, -0.2) is 0 Å². The standard InChI is InChI=1S/C19H18N6O2/c1-11-6-7-14(9-12(11)2)18(26)20-10-16-22-23-17-15(5-4-8-25(16)17)19-21-13(3)24-27-19/h4-9H,10H2,1-3H3,(H,20,26). The van der Waals surface area contributed by atoms with Crippen LogP contribution in [-0.4, -0.2) is 30.6 Å². The van der Waals surface area contributed by atoms with E-state index in [2.05, 4.69) is 25.7 Å². The van der Waals surface area contributed by atoms with Gasteiger partial charge in [0.1, 0.15) is 0 Å². The Morgan fingerprint density at radius 1 is 1.15 bits per heavy atom. The lowest BCUT2D eigenvalue weighted by molar-refractivity contribution is 0.0949. The Balaban J connectivity index is 1.58. The van der Waals surface area contributed by atoms with Gasteiger partial charge in [-0.2, -0.15) is 4.98 Å². The fourth-order valence-electron chi connectivity index (χ4n) is 2.80. The summed E-state index contributed by atoms with van der Waals surface area (Å²) in [4.78, 5) is 16.7. The van der Waals surface area contributed by atoms with Gasteiger partial charge in [-0.05, 0) is 56.2 Å². The Labute approximate surface area is 155 Å². The molecule has 136 valence electrons. The van der Waals surface area contributed by atoms with Crippen LogP contribution >= 0.6 is 0 Å². The molecule has 3 aromatic heterocycles. The van der Waals surface area contributed by atoms with Crippen molar-refractivity contribution in [3.8, 4) is 11.5 Å². The summed E-state index contributed by atoms with van der Waals surface area (Å²) in [5, 5.41) is 15.1. The highest BCUT2D eigenvalue weighted by molar-refractivity contribution is 5.94. The van der Waals surface area contributed by atoms with Crippen LogP contribution in [0.25, 0.3) is 17.1 Å². The van der Waals surface area contributed by atoms with Gasteiger partial charge >= 0.3 is 0 Å². The largest absolute Gasteiger partial charge is 0.345 e. The van der Waals surface area contributed by atoms with E-state index in [-0.39, 0.29) is 12.5 Å². The zero-order valence-corrected chi connectivity index (χ0v) is 15.2. The van der Waals surface area contributed by atoms with Gasteiger partial charge in [0.2, 0.25) is 0 Å².